The van der Waals surface area contributed by atoms with Gasteiger partial charge >= 0.3 is 0 Å². The Kier molecular flexibility index (Phi) is 1.33. The summed E-state index contributed by atoms with van der Waals surface area (Å²) >= 11 is 0. The molecule has 0 bridgehead atoms. The van der Waals surface area contributed by atoms with Gasteiger partial charge in [-0.25, -0.2) is 0 Å². The van der Waals surface area contributed by atoms with Crippen LogP contribution in [0.5, 0.6) is 0 Å². The monoisotopic (exact) mass is 100 g/mol. The highest BCUT2D eigenvalue weighted by molar-refractivity contribution is 4.64. The second-order valence-corrected chi connectivity index (χ2v) is 2.48. The van der Waals surface area contributed by atoms with E-state index in [9.17, 15) is 0 Å². The Morgan fingerprint density at radius 2 is 2.14 bits per heavy atom. The van der Waals surface area contributed by atoms with Crippen LogP contribution in [0.2, 0.25) is 0 Å². The third-order valence-corrected chi connectivity index (χ3v) is 1.40. The molecule has 1 aliphatic heterocycles. The van der Waals surface area contributed by atoms with Gasteiger partial charge in [0.25, 0.3) is 0 Å². The van der Waals surface area contributed by atoms with E-state index in [-0.39, 0.29) is 0 Å². The maximum atomic E-state index is 5.27. The van der Waals surface area contributed by atoms with E-state index in [0.29, 0.717) is 6.10 Å². The minimum Gasteiger partial charge on any atom is -0.378 e. The lowest BCUT2D eigenvalue weighted by molar-refractivity contribution is 0.121. The maximum absolute atomic E-state index is 5.27. The molecule has 0 N–H and O–H groups in total. The van der Waals surface area contributed by atoms with Crippen molar-refractivity contribution in [3.8, 4) is 0 Å². The van der Waals surface area contributed by atoms with Gasteiger partial charge in [0.05, 0.1) is 6.10 Å². The fourth-order valence-corrected chi connectivity index (χ4v) is 1.03. The largest absolute Gasteiger partial charge is 0.378 e. The van der Waals surface area contributed by atoms with Gasteiger partial charge in [-0.2, -0.15) is 0 Å². The molecular weight excluding hydrogens is 88.1 g/mol. The summed E-state index contributed by atoms with van der Waals surface area (Å²) in [6.45, 7) is 5.33. The van der Waals surface area contributed by atoms with E-state index in [4.69, 9.17) is 4.74 Å². The van der Waals surface area contributed by atoms with E-state index < -0.39 is 0 Å². The maximum Gasteiger partial charge on any atom is 0.0550 e. The molecule has 7 heavy (non-hydrogen) atoms. The normalized spacial score (nSPS) is 42.0. The van der Waals surface area contributed by atoms with Crippen LogP contribution < -0.4 is 0 Å². The Morgan fingerprint density at radius 3 is 2.29 bits per heavy atom. The van der Waals surface area contributed by atoms with Crippen molar-refractivity contribution in [1.82, 2.24) is 0 Å². The zero-order valence-electron chi connectivity index (χ0n) is 4.98. The lowest BCUT2D eigenvalue weighted by Crippen LogP contribution is -1.94. The summed E-state index contributed by atoms with van der Waals surface area (Å²) in [7, 11) is 0. The molecule has 1 rings (SSSR count). The fourth-order valence-electron chi connectivity index (χ4n) is 1.03. The predicted molar refractivity (Wildman–Crippen MR) is 29.2 cm³/mol. The minimum absolute atomic E-state index is 0.523. The van der Waals surface area contributed by atoms with Crippen LogP contribution in [0.3, 0.4) is 0 Å². The van der Waals surface area contributed by atoms with E-state index in [1.165, 1.54) is 6.42 Å². The summed E-state index contributed by atoms with van der Waals surface area (Å²) < 4.78 is 5.27. The molecule has 1 heterocycles. The zero-order valence-corrected chi connectivity index (χ0v) is 4.98. The van der Waals surface area contributed by atoms with Crippen LogP contribution in [0.1, 0.15) is 20.3 Å². The summed E-state index contributed by atoms with van der Waals surface area (Å²) in [5, 5.41) is 0. The molecule has 1 saturated heterocycles. The molecule has 42 valence electrons. The van der Waals surface area contributed by atoms with E-state index in [2.05, 4.69) is 13.8 Å². The van der Waals surface area contributed by atoms with Crippen molar-refractivity contribution in [3.05, 3.63) is 0 Å². The molecule has 0 amide bonds. The number of hydrogen-bond donors (Lipinski definition) is 0. The van der Waals surface area contributed by atoms with E-state index >= 15 is 0 Å². The quantitative estimate of drug-likeness (QED) is 0.447. The van der Waals surface area contributed by atoms with Crippen molar-refractivity contribution >= 4 is 0 Å². The fraction of sp³-hybridized carbons (Fsp3) is 1.00. The molecule has 1 fully saturated rings. The van der Waals surface area contributed by atoms with Crippen molar-refractivity contribution in [1.29, 1.82) is 0 Å². The average molecular weight is 100 g/mol. The van der Waals surface area contributed by atoms with Gasteiger partial charge in [-0.15, -0.1) is 0 Å². The van der Waals surface area contributed by atoms with Crippen LogP contribution in [-0.2, 0) is 4.74 Å². The summed E-state index contributed by atoms with van der Waals surface area (Å²) in [6.07, 6.45) is 1.77. The average Bonchev–Trinajstić information content (AvgIpc) is 1.87. The molecule has 0 aromatic rings. The third kappa shape index (κ3) is 1.16. The van der Waals surface area contributed by atoms with Gasteiger partial charge in [-0.1, -0.05) is 6.92 Å². The zero-order chi connectivity index (χ0) is 5.28. The van der Waals surface area contributed by atoms with Crippen LogP contribution in [0, 0.1) is 5.92 Å². The van der Waals surface area contributed by atoms with Crippen LogP contribution in [0.25, 0.3) is 0 Å². The highest BCUT2D eigenvalue weighted by Crippen LogP contribution is 2.16. The van der Waals surface area contributed by atoms with Gasteiger partial charge in [0.2, 0.25) is 0 Å². The van der Waals surface area contributed by atoms with E-state index in [0.717, 1.165) is 12.5 Å². The van der Waals surface area contributed by atoms with E-state index in [1.54, 1.807) is 0 Å². The van der Waals surface area contributed by atoms with Crippen molar-refractivity contribution < 1.29 is 4.74 Å². The van der Waals surface area contributed by atoms with E-state index in [1.807, 2.05) is 0 Å². The Bertz CT molecular complexity index is 53.2. The number of ether oxygens (including phenoxy) is 1. The van der Waals surface area contributed by atoms with Gasteiger partial charge in [-0.05, 0) is 19.3 Å². The smallest absolute Gasteiger partial charge is 0.0550 e. The molecule has 0 radical (unpaired) electrons. The predicted octanol–water partition coefficient (Wildman–Crippen LogP) is 1.43. The Balaban J connectivity index is 2.26. The van der Waals surface area contributed by atoms with Gasteiger partial charge < -0.3 is 4.74 Å². The Hall–Kier alpha value is -0.0400. The highest BCUT2D eigenvalue weighted by atomic mass is 16.5. The molecule has 2 unspecified atom stereocenters. The van der Waals surface area contributed by atoms with Gasteiger partial charge in [0.1, 0.15) is 0 Å². The number of hydrogen-bond acceptors (Lipinski definition) is 1. The molecule has 0 spiro atoms. The minimum atomic E-state index is 0.523. The lowest BCUT2D eigenvalue weighted by atomic mass is 10.1. The highest BCUT2D eigenvalue weighted by Gasteiger charge is 2.16. The molecule has 1 aliphatic rings. The number of rotatable bonds is 0. The van der Waals surface area contributed by atoms with Crippen LogP contribution in [0.4, 0.5) is 0 Å². The van der Waals surface area contributed by atoms with Gasteiger partial charge in [0, 0.05) is 6.61 Å². The standard InChI is InChI=1S/C6H12O/c1-5-3-6(2)7-4-5/h5-6H,3-4H2,1-2H3. The first kappa shape index (κ1) is 5.10. The van der Waals surface area contributed by atoms with Crippen molar-refractivity contribution in [3.63, 3.8) is 0 Å². The summed E-state index contributed by atoms with van der Waals surface area (Å²) in [5.74, 6) is 0.801. The summed E-state index contributed by atoms with van der Waals surface area (Å²) in [6, 6.07) is 0. The molecule has 2 atom stereocenters. The second kappa shape index (κ2) is 1.83. The van der Waals surface area contributed by atoms with Gasteiger partial charge in [-0.3, -0.25) is 0 Å². The third-order valence-electron chi connectivity index (χ3n) is 1.40. The molecule has 0 saturated carbocycles. The SMILES string of the molecule is CC1COC(C)C1. The molecular formula is C6H12O. The molecule has 1 heteroatoms. The summed E-state index contributed by atoms with van der Waals surface area (Å²) in [4.78, 5) is 0. The molecule has 1 nitrogen and oxygen atoms in total. The first-order chi connectivity index (χ1) is 3.29. The van der Waals surface area contributed by atoms with Crippen molar-refractivity contribution in [2.24, 2.45) is 5.92 Å². The Labute approximate surface area is 44.7 Å². The van der Waals surface area contributed by atoms with Crippen LogP contribution in [0.15, 0.2) is 0 Å². The first-order valence-electron chi connectivity index (χ1n) is 2.90. The Morgan fingerprint density at radius 1 is 1.43 bits per heavy atom. The topological polar surface area (TPSA) is 9.23 Å². The summed E-state index contributed by atoms with van der Waals surface area (Å²) in [5.41, 5.74) is 0. The second-order valence-electron chi connectivity index (χ2n) is 2.48. The van der Waals surface area contributed by atoms with Crippen LogP contribution >= 0.6 is 0 Å². The van der Waals surface area contributed by atoms with Gasteiger partial charge in [0.15, 0.2) is 0 Å². The van der Waals surface area contributed by atoms with Crippen LogP contribution in [-0.4, -0.2) is 12.7 Å². The molecule has 0 aliphatic carbocycles. The lowest BCUT2D eigenvalue weighted by Gasteiger charge is -1.94. The molecule has 0 aromatic heterocycles. The molecule has 0 aromatic carbocycles. The van der Waals surface area contributed by atoms with Crippen molar-refractivity contribution in [2.75, 3.05) is 6.61 Å². The van der Waals surface area contributed by atoms with Crippen molar-refractivity contribution in [2.45, 2.75) is 26.4 Å². The first-order valence-corrected chi connectivity index (χ1v) is 2.90.